The van der Waals surface area contributed by atoms with Gasteiger partial charge in [0.1, 0.15) is 68.1 Å². The number of carbonyl (C=O) groups excluding carboxylic acids is 7. The number of esters is 2. The molecule has 3 amide bonds. The molecule has 10 unspecified atom stereocenters. The van der Waals surface area contributed by atoms with Gasteiger partial charge in [0.05, 0.1) is 35.1 Å². The number of unbranched alkanes of at least 4 members (excludes halogenated alkanes) is 4. The van der Waals surface area contributed by atoms with E-state index in [-0.39, 0.29) is 91.2 Å². The molecule has 26 heteroatoms. The van der Waals surface area contributed by atoms with Gasteiger partial charge in [0.25, 0.3) is 0 Å². The van der Waals surface area contributed by atoms with Gasteiger partial charge in [-0.1, -0.05) is 205 Å². The first-order valence-electron chi connectivity index (χ1n) is 42.0. The number of aryl methyl sites for hydroxylation is 2. The number of furan rings is 2. The Bertz CT molecular complexity index is 4880. The van der Waals surface area contributed by atoms with Crippen molar-refractivity contribution in [2.45, 2.75) is 239 Å². The summed E-state index contributed by atoms with van der Waals surface area (Å²) in [4.78, 5) is 129. The van der Waals surface area contributed by atoms with Crippen LogP contribution in [0.3, 0.4) is 0 Å². The van der Waals surface area contributed by atoms with E-state index in [2.05, 4.69) is 76.2 Å². The monoisotopic (exact) mass is 1610 g/mol. The molecule has 2 saturated heterocycles. The molecule has 6 heterocycles. The third-order valence-corrected chi connectivity index (χ3v) is 23.8. The smallest absolute Gasteiger partial charge is 0.407 e. The van der Waals surface area contributed by atoms with Crippen molar-refractivity contribution in [2.24, 2.45) is 53.1 Å². The molecule has 117 heavy (non-hydrogen) atoms. The van der Waals surface area contributed by atoms with E-state index in [4.69, 9.17) is 38.3 Å². The highest BCUT2D eigenvalue weighted by atomic mass is 16.6. The molecule has 7 N–H and O–H groups in total. The van der Waals surface area contributed by atoms with Crippen molar-refractivity contribution in [1.82, 2.24) is 35.1 Å². The summed E-state index contributed by atoms with van der Waals surface area (Å²) < 4.78 is 43.5. The Morgan fingerprint density at radius 2 is 0.915 bits per heavy atom. The first kappa shape index (κ1) is 86.4. The average Bonchev–Trinajstić information content (AvgIpc) is 1.63. The number of fused-ring (bicyclic) bond motifs is 5. The van der Waals surface area contributed by atoms with Crippen LogP contribution in [0.5, 0.6) is 0 Å². The van der Waals surface area contributed by atoms with Gasteiger partial charge in [-0.05, 0) is 121 Å². The molecule has 4 fully saturated rings. The summed E-state index contributed by atoms with van der Waals surface area (Å²) in [6.45, 7) is 18.4. The minimum absolute atomic E-state index is 0.0393. The van der Waals surface area contributed by atoms with Crippen LogP contribution in [0.2, 0.25) is 0 Å². The maximum absolute atomic E-state index is 14.2. The van der Waals surface area contributed by atoms with Crippen molar-refractivity contribution < 1.29 is 76.3 Å². The fraction of sp³-hybridized carbons (Fsp3) is 0.527. The van der Waals surface area contributed by atoms with Gasteiger partial charge in [0.15, 0.2) is 11.6 Å². The van der Waals surface area contributed by atoms with E-state index in [0.29, 0.717) is 54.4 Å². The summed E-state index contributed by atoms with van der Waals surface area (Å²) in [7, 11) is 0. The number of nitrogens with one attached hydrogen (secondary N) is 3. The Labute approximate surface area is 682 Å². The molecule has 8 aromatic rings. The first-order valence-corrected chi connectivity index (χ1v) is 42.0. The largest absolute Gasteiger partial charge is 0.461 e. The van der Waals surface area contributed by atoms with Crippen molar-refractivity contribution in [1.29, 1.82) is 0 Å². The van der Waals surface area contributed by atoms with Crippen LogP contribution in [-0.4, -0.2) is 139 Å². The first-order chi connectivity index (χ1) is 56.2. The summed E-state index contributed by atoms with van der Waals surface area (Å²) in [5.74, 6) is -5.01. The topological polar surface area (TPSA) is 364 Å². The summed E-state index contributed by atoms with van der Waals surface area (Å²) in [5.41, 5.74) is 13.9. The zero-order valence-corrected chi connectivity index (χ0v) is 68.7. The summed E-state index contributed by atoms with van der Waals surface area (Å²) in [6.07, 6.45) is 9.38. The van der Waals surface area contributed by atoms with E-state index in [1.807, 2.05) is 100 Å². The van der Waals surface area contributed by atoms with Gasteiger partial charge in [0.2, 0.25) is 23.2 Å². The van der Waals surface area contributed by atoms with Crippen LogP contribution in [0.1, 0.15) is 200 Å². The number of rotatable bonds is 33. The summed E-state index contributed by atoms with van der Waals surface area (Å²) in [5, 5.41) is 31.4. The number of aromatic nitrogens is 4. The Morgan fingerprint density at radius 3 is 1.32 bits per heavy atom. The fourth-order valence-electron chi connectivity index (χ4n) is 16.8. The number of nitrogens with two attached hydrogens (primary N) is 1. The quantitative estimate of drug-likeness (QED) is 0.0126. The molecule has 0 spiro atoms. The number of carbonyl (C=O) groups is 7. The van der Waals surface area contributed by atoms with E-state index >= 15 is 0 Å². The number of Topliss-reactive ketones (excluding diaryl/α,β-unsaturated/α-hetero) is 2. The summed E-state index contributed by atoms with van der Waals surface area (Å²) in [6, 6.07) is 32.5. The van der Waals surface area contributed by atoms with Gasteiger partial charge in [-0.25, -0.2) is 24.0 Å². The molecule has 0 radical (unpaired) electrons. The van der Waals surface area contributed by atoms with Crippen LogP contribution in [0.15, 0.2) is 140 Å². The maximum atomic E-state index is 14.2. The molecule has 14 atom stereocenters. The third kappa shape index (κ3) is 20.4. The van der Waals surface area contributed by atoms with Crippen LogP contribution in [-0.2, 0) is 65.3 Å². The van der Waals surface area contributed by atoms with Crippen molar-refractivity contribution in [3.8, 4) is 33.8 Å². The van der Waals surface area contributed by atoms with E-state index in [0.717, 1.165) is 71.9 Å². The molecule has 13 rings (SSSR count). The van der Waals surface area contributed by atoms with Gasteiger partial charge in [-0.2, -0.15) is 9.97 Å². The number of ether oxygens (including phenoxy) is 5. The second-order valence-electron chi connectivity index (χ2n) is 33.6. The minimum Gasteiger partial charge on any atom is -0.461 e. The lowest BCUT2D eigenvalue weighted by Crippen LogP contribution is -2.51. The maximum Gasteiger partial charge on any atom is 0.407 e. The Kier molecular flexibility index (Phi) is 28.8. The Morgan fingerprint density at radius 1 is 0.504 bits per heavy atom. The Hall–Kier alpha value is -9.99. The highest BCUT2D eigenvalue weighted by molar-refractivity contribution is 5.96. The number of nitrogens with zero attached hydrogens (tertiary/aromatic N) is 4. The molecule has 26 nitrogen and oxygen atoms in total. The van der Waals surface area contributed by atoms with Crippen LogP contribution in [0, 0.1) is 47.3 Å². The number of ketones is 2. The molecular formula is C91H114N8O18. The predicted molar refractivity (Wildman–Crippen MR) is 440 cm³/mol. The van der Waals surface area contributed by atoms with Crippen LogP contribution < -0.4 is 33.1 Å². The number of benzene rings is 4. The van der Waals surface area contributed by atoms with Crippen molar-refractivity contribution >= 4 is 63.6 Å². The molecule has 2 saturated carbocycles. The zero-order valence-electron chi connectivity index (χ0n) is 68.7. The van der Waals surface area contributed by atoms with E-state index in [9.17, 15) is 53.4 Å². The van der Waals surface area contributed by atoms with Crippen molar-refractivity contribution in [3.05, 3.63) is 165 Å². The SMILES string of the molecule is CCCCCc1ccc(-c2cc3cn([C@H]4CC(O)[C@@H](COC(=O)C(NC(=O)C5CCCC5C(=O)C(N)C(C)C)C(C)C)O4)c(=O)nc3o2)cc1.CCCCCc1ccc(-c2cc3cn([C@H]4CC(O)[C@@H](COC(=O)C(NC(=O)C5CCCC5C(=O)C(NC(=O)OCC5c6ccccc6-c6ccccc65)C(C)C)C(C)C)O4)c(=O)nc3o2)cc1. The van der Waals surface area contributed by atoms with Crippen LogP contribution >= 0.6 is 0 Å². The zero-order chi connectivity index (χ0) is 83.5. The van der Waals surface area contributed by atoms with Crippen molar-refractivity contribution in [2.75, 3.05) is 19.8 Å². The van der Waals surface area contributed by atoms with Gasteiger partial charge in [-0.15, -0.1) is 0 Å². The molecule has 3 aliphatic carbocycles. The van der Waals surface area contributed by atoms with Crippen LogP contribution in [0.25, 0.3) is 56.0 Å². The highest BCUT2D eigenvalue weighted by Crippen LogP contribution is 2.45. The van der Waals surface area contributed by atoms with Gasteiger partial charge in [-0.3, -0.25) is 28.3 Å². The fourth-order valence-corrected chi connectivity index (χ4v) is 16.8. The number of aliphatic hydroxyl groups is 2. The number of hydrogen-bond donors (Lipinski definition) is 6. The van der Waals surface area contributed by atoms with Gasteiger partial charge < -0.3 is 64.4 Å². The number of alkyl carbamates (subject to hydrolysis) is 1. The molecule has 5 aliphatic rings. The van der Waals surface area contributed by atoms with Gasteiger partial charge >= 0.3 is 29.4 Å². The van der Waals surface area contributed by atoms with E-state index in [1.54, 1.807) is 40.1 Å². The second-order valence-corrected chi connectivity index (χ2v) is 33.6. The lowest BCUT2D eigenvalue weighted by molar-refractivity contribution is -0.156. The normalized spacial score (nSPS) is 22.0. The molecule has 4 aromatic carbocycles. The number of aliphatic hydroxyl groups excluding tert-OH is 2. The van der Waals surface area contributed by atoms with E-state index < -0.39 is 120 Å². The Balaban J connectivity index is 0.000000225. The van der Waals surface area contributed by atoms with E-state index in [1.165, 1.54) is 39.5 Å². The standard InChI is InChI=1S/C53H62N4O10.C38H52N4O8/c1-6-7-8-14-32-21-23-33(24-22-32)43-25-34-27-57(52(62)56-50(34)67-43)45-26-42(58)44(66-45)29-64-51(61)47(31(4)5)54-49(60)40-20-13-19-39(40)48(59)46(30(2)3)55-53(63)65-28-41-37-17-11-9-15-35(37)36-16-10-12-18-38(36)41;1-6-7-8-10-23-13-15-24(16-14-23)29-17-25-19-42(38(47)41-36(25)50-29)31-18-28(43)30(49-31)20-48-37(46)33(22(4)5)40-35(45)27-12-9-11-26(27)34(44)32(39)21(2)3/h9-12,15-18,21-25,27,30-31,39-42,44-47,58H,6-8,13-14,19-20,26,28-29H2,1-5H3,(H,54,60)(H,55,63);13-17,19,21-22,26-28,30-33,43H,6-12,18,20,39H2,1-5H3,(H,40,45)/t39?,40?,42?,44-,45-,46?,47?;26?,27?,28?,30-,31-,32?,33?/m11/s1. The molecule has 2 aliphatic heterocycles. The molecule has 4 aromatic heterocycles. The average molecular weight is 1610 g/mol. The number of hydrogen-bond acceptors (Lipinski definition) is 21. The minimum atomic E-state index is -1.07. The van der Waals surface area contributed by atoms with Gasteiger partial charge in [0, 0.05) is 66.0 Å². The second kappa shape index (κ2) is 39.1. The number of amides is 3. The molecule has 0 bridgehead atoms. The molecular weight excluding hydrogens is 1490 g/mol. The summed E-state index contributed by atoms with van der Waals surface area (Å²) >= 11 is 0. The molecule has 626 valence electrons. The lowest BCUT2D eigenvalue weighted by atomic mass is 9.84. The third-order valence-electron chi connectivity index (χ3n) is 23.8. The lowest BCUT2D eigenvalue weighted by Gasteiger charge is -2.28. The van der Waals surface area contributed by atoms with Crippen LogP contribution in [0.4, 0.5) is 4.79 Å². The highest BCUT2D eigenvalue weighted by Gasteiger charge is 2.46. The predicted octanol–water partition coefficient (Wildman–Crippen LogP) is 13.0. The van der Waals surface area contributed by atoms with Crippen molar-refractivity contribution in [3.63, 3.8) is 0 Å².